The van der Waals surface area contributed by atoms with Crippen molar-refractivity contribution in [1.29, 1.82) is 0 Å². The molecule has 2 aromatic rings. The number of H-pyrrole nitrogens is 1. The molecule has 1 unspecified atom stereocenters. The molecule has 2 aromatic heterocycles. The average Bonchev–Trinajstić information content (AvgIpc) is 3.09. The van der Waals surface area contributed by atoms with Crippen LogP contribution in [-0.2, 0) is 12.1 Å². The number of hydrogen-bond acceptors (Lipinski definition) is 5. The molecular weight excluding hydrogens is 268 g/mol. The quantitative estimate of drug-likeness (QED) is 0.880. The van der Waals surface area contributed by atoms with Crippen LogP contribution >= 0.6 is 0 Å². The average molecular weight is 290 g/mol. The molecule has 1 atom stereocenters. The fraction of sp³-hybridized carbons (Fsp3) is 0.643. The zero-order valence-electron chi connectivity index (χ0n) is 12.5. The van der Waals surface area contributed by atoms with Gasteiger partial charge in [0.2, 0.25) is 0 Å². The molecule has 3 heterocycles. The summed E-state index contributed by atoms with van der Waals surface area (Å²) in [4.78, 5) is 9.37. The van der Waals surface area contributed by atoms with Crippen molar-refractivity contribution in [3.05, 3.63) is 30.1 Å². The number of likely N-dealkylation sites (tertiary alicyclic amines) is 1. The van der Waals surface area contributed by atoms with Gasteiger partial charge in [0.05, 0.1) is 12.5 Å². The van der Waals surface area contributed by atoms with Crippen LogP contribution in [0.2, 0.25) is 0 Å². The summed E-state index contributed by atoms with van der Waals surface area (Å²) >= 11 is 0. The summed E-state index contributed by atoms with van der Waals surface area (Å²) in [6, 6.07) is 0.250. The van der Waals surface area contributed by atoms with Crippen LogP contribution in [0.1, 0.15) is 44.1 Å². The highest BCUT2D eigenvalue weighted by molar-refractivity contribution is 5.10. The third kappa shape index (κ3) is 2.98. The summed E-state index contributed by atoms with van der Waals surface area (Å²) in [6.07, 6.45) is 7.04. The van der Waals surface area contributed by atoms with Gasteiger partial charge < -0.3 is 10.1 Å². The van der Waals surface area contributed by atoms with E-state index in [2.05, 4.69) is 25.2 Å². The van der Waals surface area contributed by atoms with E-state index in [1.54, 1.807) is 11.0 Å². The van der Waals surface area contributed by atoms with E-state index < -0.39 is 5.60 Å². The van der Waals surface area contributed by atoms with Crippen LogP contribution in [0.5, 0.6) is 0 Å². The second-order valence-corrected chi connectivity index (χ2v) is 6.10. The molecule has 0 saturated carbocycles. The van der Waals surface area contributed by atoms with Crippen LogP contribution in [0.25, 0.3) is 0 Å². The summed E-state index contributed by atoms with van der Waals surface area (Å²) in [7, 11) is 0. The van der Waals surface area contributed by atoms with Gasteiger partial charge in [-0.25, -0.2) is 9.67 Å². The van der Waals surface area contributed by atoms with Gasteiger partial charge in [-0.2, -0.15) is 0 Å². The van der Waals surface area contributed by atoms with Gasteiger partial charge >= 0.3 is 0 Å². The SMILES string of the molecule is CC(C)n1cc(C2(O)CCCN(Cc3cnc[nH]3)C2)nn1. The minimum absolute atomic E-state index is 0.250. The molecule has 114 valence electrons. The summed E-state index contributed by atoms with van der Waals surface area (Å²) in [5, 5.41) is 19.2. The first-order valence-electron chi connectivity index (χ1n) is 7.41. The molecule has 7 nitrogen and oxygen atoms in total. The molecule has 1 fully saturated rings. The predicted molar refractivity (Wildman–Crippen MR) is 77.4 cm³/mol. The number of nitrogens with one attached hydrogen (secondary N) is 1. The van der Waals surface area contributed by atoms with Crippen LogP contribution in [0.15, 0.2) is 18.7 Å². The van der Waals surface area contributed by atoms with Gasteiger partial charge in [0.15, 0.2) is 0 Å². The Morgan fingerprint density at radius 2 is 2.33 bits per heavy atom. The van der Waals surface area contributed by atoms with E-state index in [4.69, 9.17) is 0 Å². The van der Waals surface area contributed by atoms with Crippen LogP contribution in [0.3, 0.4) is 0 Å². The van der Waals surface area contributed by atoms with Crippen molar-refractivity contribution in [2.24, 2.45) is 0 Å². The van der Waals surface area contributed by atoms with Crippen molar-refractivity contribution in [2.75, 3.05) is 13.1 Å². The van der Waals surface area contributed by atoms with Crippen molar-refractivity contribution in [3.63, 3.8) is 0 Å². The zero-order valence-corrected chi connectivity index (χ0v) is 12.5. The van der Waals surface area contributed by atoms with Gasteiger partial charge in [-0.1, -0.05) is 5.21 Å². The predicted octanol–water partition coefficient (Wildman–Crippen LogP) is 1.07. The molecule has 0 aliphatic carbocycles. The van der Waals surface area contributed by atoms with Crippen LogP contribution in [0, 0.1) is 0 Å². The Morgan fingerprint density at radius 1 is 1.48 bits per heavy atom. The minimum Gasteiger partial charge on any atom is -0.382 e. The maximum atomic E-state index is 11.0. The molecule has 1 saturated heterocycles. The molecule has 21 heavy (non-hydrogen) atoms. The molecule has 0 bridgehead atoms. The lowest BCUT2D eigenvalue weighted by molar-refractivity contribution is -0.0417. The van der Waals surface area contributed by atoms with Gasteiger partial charge in [-0.15, -0.1) is 5.10 Å². The lowest BCUT2D eigenvalue weighted by Crippen LogP contribution is -2.46. The first-order chi connectivity index (χ1) is 10.1. The van der Waals surface area contributed by atoms with Gasteiger partial charge in [-0.3, -0.25) is 4.90 Å². The summed E-state index contributed by atoms with van der Waals surface area (Å²) < 4.78 is 1.79. The van der Waals surface area contributed by atoms with Gasteiger partial charge in [0, 0.05) is 31.0 Å². The number of nitrogens with zero attached hydrogens (tertiary/aromatic N) is 5. The Kier molecular flexibility index (Phi) is 3.77. The molecule has 0 amide bonds. The highest BCUT2D eigenvalue weighted by Crippen LogP contribution is 2.30. The number of rotatable bonds is 4. The lowest BCUT2D eigenvalue weighted by atomic mass is 9.90. The maximum absolute atomic E-state index is 11.0. The van der Waals surface area contributed by atoms with Crippen molar-refractivity contribution in [3.8, 4) is 0 Å². The lowest BCUT2D eigenvalue weighted by Gasteiger charge is -2.37. The Balaban J connectivity index is 1.73. The highest BCUT2D eigenvalue weighted by Gasteiger charge is 2.37. The second kappa shape index (κ2) is 5.57. The van der Waals surface area contributed by atoms with E-state index in [1.807, 2.05) is 26.2 Å². The van der Waals surface area contributed by atoms with E-state index in [0.29, 0.717) is 12.2 Å². The van der Waals surface area contributed by atoms with E-state index in [1.165, 1.54) is 0 Å². The van der Waals surface area contributed by atoms with Crippen molar-refractivity contribution in [1.82, 2.24) is 29.9 Å². The van der Waals surface area contributed by atoms with Crippen LogP contribution < -0.4 is 0 Å². The first kappa shape index (κ1) is 14.2. The van der Waals surface area contributed by atoms with Crippen molar-refractivity contribution in [2.45, 2.75) is 44.9 Å². The maximum Gasteiger partial charge on any atom is 0.123 e. The summed E-state index contributed by atoms with van der Waals surface area (Å²) in [6.45, 7) is 6.41. The molecule has 0 aromatic carbocycles. The Hall–Kier alpha value is -1.73. The number of hydrogen-bond donors (Lipinski definition) is 2. The zero-order chi connectivity index (χ0) is 14.9. The Morgan fingerprint density at radius 3 is 3.00 bits per heavy atom. The fourth-order valence-electron chi connectivity index (χ4n) is 2.82. The summed E-state index contributed by atoms with van der Waals surface area (Å²) in [5.41, 5.74) is 0.821. The summed E-state index contributed by atoms with van der Waals surface area (Å²) in [5.74, 6) is 0. The van der Waals surface area contributed by atoms with E-state index >= 15 is 0 Å². The van der Waals surface area contributed by atoms with E-state index in [0.717, 1.165) is 31.6 Å². The standard InChI is InChI=1S/C14H22N6O/c1-11(2)20-8-13(17-18-20)14(21)4-3-5-19(9-14)7-12-6-15-10-16-12/h6,8,10-11,21H,3-5,7,9H2,1-2H3,(H,15,16). The molecule has 0 spiro atoms. The minimum atomic E-state index is -0.911. The van der Waals surface area contributed by atoms with Gasteiger partial charge in [0.25, 0.3) is 0 Å². The monoisotopic (exact) mass is 290 g/mol. The van der Waals surface area contributed by atoms with Crippen molar-refractivity contribution >= 4 is 0 Å². The molecular formula is C14H22N6O. The molecule has 0 radical (unpaired) electrons. The fourth-order valence-corrected chi connectivity index (χ4v) is 2.82. The molecule has 7 heteroatoms. The number of aromatic amines is 1. The number of imidazole rings is 1. The van der Waals surface area contributed by atoms with Gasteiger partial charge in [0.1, 0.15) is 11.3 Å². The largest absolute Gasteiger partial charge is 0.382 e. The first-order valence-corrected chi connectivity index (χ1v) is 7.41. The third-order valence-corrected chi connectivity index (χ3v) is 4.01. The van der Waals surface area contributed by atoms with Crippen LogP contribution in [-0.4, -0.2) is 48.1 Å². The Bertz CT molecular complexity index is 578. The van der Waals surface area contributed by atoms with E-state index in [-0.39, 0.29) is 6.04 Å². The molecule has 1 aliphatic heterocycles. The second-order valence-electron chi connectivity index (χ2n) is 6.10. The van der Waals surface area contributed by atoms with Crippen molar-refractivity contribution < 1.29 is 5.11 Å². The number of β-amino-alcohol motifs (C(OH)–C–C–N with tert-alkyl or cyclic N) is 1. The Labute approximate surface area is 124 Å². The molecule has 3 rings (SSSR count). The smallest absolute Gasteiger partial charge is 0.123 e. The third-order valence-electron chi connectivity index (χ3n) is 4.01. The number of aliphatic hydroxyl groups is 1. The normalized spacial score (nSPS) is 23.8. The number of aromatic nitrogens is 5. The van der Waals surface area contributed by atoms with Gasteiger partial charge in [-0.05, 0) is 33.2 Å². The van der Waals surface area contributed by atoms with E-state index in [9.17, 15) is 5.11 Å². The molecule has 1 aliphatic rings. The van der Waals surface area contributed by atoms with Crippen LogP contribution in [0.4, 0.5) is 0 Å². The topological polar surface area (TPSA) is 82.9 Å². The highest BCUT2D eigenvalue weighted by atomic mass is 16.3. The number of piperidine rings is 1. The molecule has 2 N–H and O–H groups in total.